The zero-order valence-electron chi connectivity index (χ0n) is 10.1. The maximum absolute atomic E-state index is 12.0. The summed E-state index contributed by atoms with van der Waals surface area (Å²) in [7, 11) is 0. The quantitative estimate of drug-likeness (QED) is 0.810. The van der Waals surface area contributed by atoms with Crippen LogP contribution in [0.4, 0.5) is 0 Å². The maximum atomic E-state index is 12.0. The number of likely N-dealkylation sites (tertiary alicyclic amines) is 1. The van der Waals surface area contributed by atoms with Gasteiger partial charge in [0.2, 0.25) is 11.6 Å². The Kier molecular flexibility index (Phi) is 3.09. The molecule has 1 saturated heterocycles. The van der Waals surface area contributed by atoms with Gasteiger partial charge in [0.05, 0.1) is 18.9 Å². The first-order chi connectivity index (χ1) is 9.33. The van der Waals surface area contributed by atoms with Gasteiger partial charge in [0.25, 0.3) is 5.91 Å². The third-order valence-corrected chi connectivity index (χ3v) is 2.91. The summed E-state index contributed by atoms with van der Waals surface area (Å²) >= 11 is 0. The average molecular weight is 260 g/mol. The third kappa shape index (κ3) is 2.54. The van der Waals surface area contributed by atoms with Gasteiger partial charge in [0, 0.05) is 31.4 Å². The summed E-state index contributed by atoms with van der Waals surface area (Å²) in [5.41, 5.74) is 0. The van der Waals surface area contributed by atoms with E-state index in [2.05, 4.69) is 15.1 Å². The molecular formula is C12H12N4O3. The maximum Gasteiger partial charge on any atom is 0.292 e. The Hall–Kier alpha value is -2.44. The van der Waals surface area contributed by atoms with Crippen molar-refractivity contribution in [3.8, 4) is 5.88 Å². The Labute approximate surface area is 109 Å². The number of carbonyl (C=O) groups excluding carboxylic acids is 1. The number of nitrogens with zero attached hydrogens (tertiary/aromatic N) is 4. The van der Waals surface area contributed by atoms with E-state index in [9.17, 15) is 4.79 Å². The van der Waals surface area contributed by atoms with Crippen molar-refractivity contribution < 1.29 is 14.1 Å². The van der Waals surface area contributed by atoms with Crippen LogP contribution in [0.2, 0.25) is 0 Å². The van der Waals surface area contributed by atoms with Gasteiger partial charge in [-0.3, -0.25) is 9.78 Å². The Morgan fingerprint density at radius 2 is 2.37 bits per heavy atom. The zero-order valence-corrected chi connectivity index (χ0v) is 10.1. The smallest absolute Gasteiger partial charge is 0.292 e. The summed E-state index contributed by atoms with van der Waals surface area (Å²) in [5.74, 6) is 0.560. The van der Waals surface area contributed by atoms with Crippen LogP contribution in [-0.4, -0.2) is 45.1 Å². The lowest BCUT2D eigenvalue weighted by atomic mass is 10.3. The predicted octanol–water partition coefficient (Wildman–Crippen LogP) is 0.758. The third-order valence-electron chi connectivity index (χ3n) is 2.91. The molecule has 7 nitrogen and oxygen atoms in total. The second kappa shape index (κ2) is 5.05. The predicted molar refractivity (Wildman–Crippen MR) is 63.5 cm³/mol. The van der Waals surface area contributed by atoms with Gasteiger partial charge in [-0.25, -0.2) is 4.98 Å². The summed E-state index contributed by atoms with van der Waals surface area (Å²) in [4.78, 5) is 21.7. The van der Waals surface area contributed by atoms with Gasteiger partial charge in [0.1, 0.15) is 6.10 Å². The van der Waals surface area contributed by atoms with E-state index >= 15 is 0 Å². The molecule has 1 aliphatic rings. The number of ether oxygens (including phenoxy) is 1. The van der Waals surface area contributed by atoms with E-state index in [0.717, 1.165) is 6.42 Å². The van der Waals surface area contributed by atoms with Gasteiger partial charge in [-0.1, -0.05) is 5.16 Å². The standard InChI is InChI=1S/C12H12N4O3/c17-12(10-1-3-15-19-10)16-6-2-9(8-16)18-11-7-13-4-5-14-11/h1,3-5,7,9H,2,6,8H2/t9-/m0/s1. The minimum atomic E-state index is -0.164. The van der Waals surface area contributed by atoms with Gasteiger partial charge in [-0.15, -0.1) is 0 Å². The molecule has 0 bridgehead atoms. The zero-order chi connectivity index (χ0) is 13.1. The van der Waals surface area contributed by atoms with Crippen LogP contribution in [0.15, 0.2) is 35.4 Å². The lowest BCUT2D eigenvalue weighted by molar-refractivity contribution is 0.0730. The number of amides is 1. The molecule has 98 valence electrons. The largest absolute Gasteiger partial charge is 0.471 e. The second-order valence-corrected chi connectivity index (χ2v) is 4.20. The van der Waals surface area contributed by atoms with Gasteiger partial charge in [0.15, 0.2) is 0 Å². The highest BCUT2D eigenvalue weighted by molar-refractivity contribution is 5.91. The number of rotatable bonds is 3. The fourth-order valence-electron chi connectivity index (χ4n) is 2.01. The summed E-state index contributed by atoms with van der Waals surface area (Å²) < 4.78 is 10.5. The van der Waals surface area contributed by atoms with Crippen molar-refractivity contribution in [3.63, 3.8) is 0 Å². The molecule has 3 heterocycles. The molecule has 0 aromatic carbocycles. The Morgan fingerprint density at radius 1 is 1.42 bits per heavy atom. The number of carbonyl (C=O) groups is 1. The number of aromatic nitrogens is 3. The van der Waals surface area contributed by atoms with Crippen LogP contribution in [-0.2, 0) is 0 Å². The van der Waals surface area contributed by atoms with Crippen molar-refractivity contribution in [2.24, 2.45) is 0 Å². The fourth-order valence-corrected chi connectivity index (χ4v) is 2.01. The number of hydrogen-bond acceptors (Lipinski definition) is 6. The van der Waals surface area contributed by atoms with Crippen molar-refractivity contribution in [2.45, 2.75) is 12.5 Å². The Morgan fingerprint density at radius 3 is 3.11 bits per heavy atom. The summed E-state index contributed by atoms with van der Waals surface area (Å²) in [5, 5.41) is 3.53. The minimum Gasteiger partial charge on any atom is -0.471 e. The highest BCUT2D eigenvalue weighted by Gasteiger charge is 2.30. The first-order valence-corrected chi connectivity index (χ1v) is 5.95. The summed E-state index contributed by atoms with van der Waals surface area (Å²) in [6.45, 7) is 1.14. The summed E-state index contributed by atoms with van der Waals surface area (Å²) in [6.07, 6.45) is 6.86. The molecule has 0 unspecified atom stereocenters. The molecule has 2 aromatic rings. The van der Waals surface area contributed by atoms with E-state index in [0.29, 0.717) is 19.0 Å². The minimum absolute atomic E-state index is 0.0661. The summed E-state index contributed by atoms with van der Waals surface area (Å²) in [6, 6.07) is 1.55. The van der Waals surface area contributed by atoms with E-state index in [1.807, 2.05) is 0 Å². The highest BCUT2D eigenvalue weighted by atomic mass is 16.5. The topological polar surface area (TPSA) is 81.4 Å². The van der Waals surface area contributed by atoms with Crippen molar-refractivity contribution in [1.29, 1.82) is 0 Å². The van der Waals surface area contributed by atoms with Gasteiger partial charge >= 0.3 is 0 Å². The van der Waals surface area contributed by atoms with Crippen LogP contribution < -0.4 is 4.74 Å². The molecule has 0 radical (unpaired) electrons. The van der Waals surface area contributed by atoms with E-state index in [1.165, 1.54) is 6.20 Å². The Balaban J connectivity index is 1.60. The van der Waals surface area contributed by atoms with Crippen LogP contribution >= 0.6 is 0 Å². The molecule has 1 aliphatic heterocycles. The molecular weight excluding hydrogens is 248 g/mol. The average Bonchev–Trinajstić information content (AvgIpc) is 3.10. The molecule has 0 N–H and O–H groups in total. The van der Waals surface area contributed by atoms with Crippen LogP contribution in [0.25, 0.3) is 0 Å². The SMILES string of the molecule is O=C(c1ccno1)N1CC[C@H](Oc2cnccn2)C1. The van der Waals surface area contributed by atoms with Gasteiger partial charge in [-0.2, -0.15) is 0 Å². The lowest BCUT2D eigenvalue weighted by Gasteiger charge is -2.15. The molecule has 3 rings (SSSR count). The van der Waals surface area contributed by atoms with E-state index in [1.54, 1.807) is 29.6 Å². The first kappa shape index (κ1) is 11.6. The Bertz CT molecular complexity index is 543. The molecule has 0 aliphatic carbocycles. The van der Waals surface area contributed by atoms with Crippen molar-refractivity contribution in [2.75, 3.05) is 13.1 Å². The molecule has 19 heavy (non-hydrogen) atoms. The second-order valence-electron chi connectivity index (χ2n) is 4.20. The fraction of sp³-hybridized carbons (Fsp3) is 0.333. The van der Waals surface area contributed by atoms with Crippen LogP contribution in [0, 0.1) is 0 Å². The van der Waals surface area contributed by atoms with Crippen molar-refractivity contribution >= 4 is 5.91 Å². The van der Waals surface area contributed by atoms with Crippen LogP contribution in [0.1, 0.15) is 17.0 Å². The van der Waals surface area contributed by atoms with Crippen molar-refractivity contribution in [1.82, 2.24) is 20.0 Å². The molecule has 2 aromatic heterocycles. The molecule has 0 spiro atoms. The van der Waals surface area contributed by atoms with Crippen LogP contribution in [0.3, 0.4) is 0 Å². The molecule has 1 amide bonds. The molecule has 0 saturated carbocycles. The lowest BCUT2D eigenvalue weighted by Crippen LogP contribution is -2.30. The van der Waals surface area contributed by atoms with Gasteiger partial charge in [-0.05, 0) is 0 Å². The molecule has 1 atom stereocenters. The molecule has 1 fully saturated rings. The van der Waals surface area contributed by atoms with Crippen molar-refractivity contribution in [3.05, 3.63) is 36.6 Å². The number of hydrogen-bond donors (Lipinski definition) is 0. The van der Waals surface area contributed by atoms with E-state index in [4.69, 9.17) is 9.26 Å². The molecule has 7 heteroatoms. The first-order valence-electron chi connectivity index (χ1n) is 5.95. The van der Waals surface area contributed by atoms with Gasteiger partial charge < -0.3 is 14.2 Å². The van der Waals surface area contributed by atoms with E-state index in [-0.39, 0.29) is 17.8 Å². The van der Waals surface area contributed by atoms with Crippen LogP contribution in [0.5, 0.6) is 5.88 Å². The normalized spacial score (nSPS) is 18.5. The van der Waals surface area contributed by atoms with E-state index < -0.39 is 0 Å². The monoisotopic (exact) mass is 260 g/mol. The highest BCUT2D eigenvalue weighted by Crippen LogP contribution is 2.17.